The van der Waals surface area contributed by atoms with Gasteiger partial charge in [0.15, 0.2) is 0 Å². The minimum absolute atomic E-state index is 0.0556. The van der Waals surface area contributed by atoms with Gasteiger partial charge in [-0.3, -0.25) is 19.1 Å². The van der Waals surface area contributed by atoms with Gasteiger partial charge < -0.3 is 25.0 Å². The molecule has 10 nitrogen and oxygen atoms in total. The fourth-order valence-electron chi connectivity index (χ4n) is 4.70. The van der Waals surface area contributed by atoms with Gasteiger partial charge in [-0.05, 0) is 87.4 Å². The predicted octanol–water partition coefficient (Wildman–Crippen LogP) is 4.43. The summed E-state index contributed by atoms with van der Waals surface area (Å²) >= 11 is 0. The number of methoxy groups -OCH3 is 1. The summed E-state index contributed by atoms with van der Waals surface area (Å²) in [7, 11) is 1.58. The van der Waals surface area contributed by atoms with Crippen LogP contribution in [0.3, 0.4) is 0 Å². The van der Waals surface area contributed by atoms with E-state index in [-0.39, 0.29) is 18.2 Å². The molecule has 0 fully saturated rings. The number of ether oxygens (including phenoxy) is 1. The second-order valence-electron chi connectivity index (χ2n) is 10.4. The highest BCUT2D eigenvalue weighted by Gasteiger charge is 2.21. The number of carbonyl (C=O) groups excluding carboxylic acids is 2. The third-order valence-corrected chi connectivity index (χ3v) is 7.02. The van der Waals surface area contributed by atoms with Crippen LogP contribution in [0.15, 0.2) is 42.4 Å². The highest BCUT2D eigenvalue weighted by Crippen LogP contribution is 2.26. The van der Waals surface area contributed by atoms with E-state index < -0.39 is 12.0 Å². The van der Waals surface area contributed by atoms with Crippen LogP contribution in [0, 0.1) is 20.8 Å². The van der Waals surface area contributed by atoms with Crippen LogP contribution >= 0.6 is 0 Å². The minimum Gasteiger partial charge on any atom is -0.481 e. The Labute approximate surface area is 241 Å². The number of nitrogens with zero attached hydrogens (tertiary/aromatic N) is 3. The van der Waals surface area contributed by atoms with Gasteiger partial charge in [0, 0.05) is 49.4 Å². The number of aliphatic carboxylic acids is 1. The Kier molecular flexibility index (Phi) is 11.0. The van der Waals surface area contributed by atoms with E-state index in [4.69, 9.17) is 9.84 Å². The normalized spacial score (nSPS) is 12.3. The number of anilines is 1. The number of aromatic nitrogens is 3. The van der Waals surface area contributed by atoms with E-state index in [0.717, 1.165) is 33.5 Å². The van der Waals surface area contributed by atoms with Gasteiger partial charge in [-0.1, -0.05) is 12.1 Å². The molecular weight excluding hydrogens is 522 g/mol. The molecule has 41 heavy (non-hydrogen) atoms. The highest BCUT2D eigenvalue weighted by atomic mass is 16.5. The number of rotatable bonds is 14. The van der Waals surface area contributed by atoms with E-state index in [1.807, 2.05) is 73.6 Å². The van der Waals surface area contributed by atoms with Gasteiger partial charge in [0.05, 0.1) is 19.3 Å². The molecule has 10 heteroatoms. The minimum atomic E-state index is -0.846. The zero-order valence-electron chi connectivity index (χ0n) is 24.8. The first-order valence-corrected chi connectivity index (χ1v) is 13.8. The van der Waals surface area contributed by atoms with Gasteiger partial charge in [0.1, 0.15) is 6.04 Å². The van der Waals surface area contributed by atoms with Crippen molar-refractivity contribution < 1.29 is 24.2 Å². The molecule has 0 aliphatic heterocycles. The van der Waals surface area contributed by atoms with Crippen molar-refractivity contribution in [1.82, 2.24) is 19.7 Å². The lowest BCUT2D eigenvalue weighted by atomic mass is 10.0. The molecule has 0 saturated heterocycles. The number of aryl methyl sites for hydroxylation is 3. The molecular formula is C31H41N5O5. The monoisotopic (exact) mass is 563 g/mol. The van der Waals surface area contributed by atoms with E-state index in [2.05, 4.69) is 15.7 Å². The quantitative estimate of drug-likeness (QED) is 0.197. The third kappa shape index (κ3) is 8.65. The van der Waals surface area contributed by atoms with Crippen LogP contribution in [0.4, 0.5) is 5.69 Å². The van der Waals surface area contributed by atoms with Crippen LogP contribution in [-0.2, 0) is 32.1 Å². The standard InChI is InChI=1S/C31H41N5O5/c1-20-16-33-35(17-20)19-25-10-11-26(8-7-9-29(37)38)28(15-25)34-31(40)24(5)36-18-22(3)27(23(36)4)14-21(2)30(39)32-12-13-41-6/h10-11,14-18,24H,7-9,12-13,19H2,1-6H3,(H,32,39)(H,34,40)(H,37,38)/b21-14+. The van der Waals surface area contributed by atoms with E-state index in [0.29, 0.717) is 43.8 Å². The number of hydrogen-bond donors (Lipinski definition) is 3. The number of carboxylic acid groups (broad SMARTS) is 1. The molecule has 0 spiro atoms. The number of hydrogen-bond acceptors (Lipinski definition) is 5. The van der Waals surface area contributed by atoms with Crippen molar-refractivity contribution in [3.63, 3.8) is 0 Å². The van der Waals surface area contributed by atoms with E-state index in [1.165, 1.54) is 0 Å². The summed E-state index contributed by atoms with van der Waals surface area (Å²) in [6.45, 7) is 10.9. The number of carboxylic acids is 1. The Morgan fingerprint density at radius 3 is 2.59 bits per heavy atom. The van der Waals surface area contributed by atoms with Gasteiger partial charge in [-0.15, -0.1) is 0 Å². The molecule has 1 aromatic carbocycles. The third-order valence-electron chi connectivity index (χ3n) is 7.02. The zero-order valence-corrected chi connectivity index (χ0v) is 24.8. The average Bonchev–Trinajstić information content (AvgIpc) is 3.46. The Hall–Kier alpha value is -4.18. The summed E-state index contributed by atoms with van der Waals surface area (Å²) in [5, 5.41) is 19.4. The molecule has 3 aromatic rings. The summed E-state index contributed by atoms with van der Waals surface area (Å²) in [6.07, 6.45) is 8.57. The smallest absolute Gasteiger partial charge is 0.303 e. The molecule has 1 atom stereocenters. The van der Waals surface area contributed by atoms with Crippen molar-refractivity contribution in [3.8, 4) is 0 Å². The van der Waals surface area contributed by atoms with Crippen molar-refractivity contribution in [1.29, 1.82) is 0 Å². The number of benzene rings is 1. The Morgan fingerprint density at radius 1 is 1.17 bits per heavy atom. The van der Waals surface area contributed by atoms with E-state index in [9.17, 15) is 14.4 Å². The van der Waals surface area contributed by atoms with Crippen LogP contribution in [0.1, 0.15) is 66.2 Å². The lowest BCUT2D eigenvalue weighted by Crippen LogP contribution is -2.27. The van der Waals surface area contributed by atoms with Gasteiger partial charge in [-0.25, -0.2) is 0 Å². The molecule has 2 aromatic heterocycles. The second kappa shape index (κ2) is 14.5. The molecule has 0 radical (unpaired) electrons. The predicted molar refractivity (Wildman–Crippen MR) is 159 cm³/mol. The van der Waals surface area contributed by atoms with Crippen LogP contribution < -0.4 is 10.6 Å². The van der Waals surface area contributed by atoms with Gasteiger partial charge in [0.25, 0.3) is 0 Å². The largest absolute Gasteiger partial charge is 0.481 e. The summed E-state index contributed by atoms with van der Waals surface area (Å²) in [4.78, 5) is 37.0. The second-order valence-corrected chi connectivity index (χ2v) is 10.4. The summed E-state index contributed by atoms with van der Waals surface area (Å²) < 4.78 is 8.74. The molecule has 2 heterocycles. The maximum atomic E-state index is 13.5. The SMILES string of the molecule is COCCNC(=O)/C(C)=C/c1c(C)cn(C(C)C(=O)Nc2cc(Cn3cc(C)cn3)ccc2CCCC(=O)O)c1C. The molecule has 3 rings (SSSR count). The first-order valence-electron chi connectivity index (χ1n) is 13.8. The topological polar surface area (TPSA) is 127 Å². The average molecular weight is 564 g/mol. The zero-order chi connectivity index (χ0) is 30.1. The molecule has 2 amide bonds. The maximum absolute atomic E-state index is 13.5. The lowest BCUT2D eigenvalue weighted by molar-refractivity contribution is -0.137. The maximum Gasteiger partial charge on any atom is 0.303 e. The molecule has 3 N–H and O–H groups in total. The fraction of sp³-hybridized carbons (Fsp3) is 0.419. The molecule has 220 valence electrons. The van der Waals surface area contributed by atoms with Gasteiger partial charge >= 0.3 is 5.97 Å². The van der Waals surface area contributed by atoms with Crippen molar-refractivity contribution >= 4 is 29.5 Å². The fourth-order valence-corrected chi connectivity index (χ4v) is 4.70. The van der Waals surface area contributed by atoms with Crippen LogP contribution in [0.2, 0.25) is 0 Å². The number of carbonyl (C=O) groups is 3. The van der Waals surface area contributed by atoms with Crippen LogP contribution in [0.5, 0.6) is 0 Å². The molecule has 1 unspecified atom stereocenters. The molecule has 0 aliphatic rings. The van der Waals surface area contributed by atoms with Gasteiger partial charge in [-0.2, -0.15) is 5.10 Å². The summed E-state index contributed by atoms with van der Waals surface area (Å²) in [6, 6.07) is 5.34. The number of nitrogens with one attached hydrogen (secondary N) is 2. The van der Waals surface area contributed by atoms with Gasteiger partial charge in [0.2, 0.25) is 11.8 Å². The lowest BCUT2D eigenvalue weighted by Gasteiger charge is -2.19. The van der Waals surface area contributed by atoms with E-state index >= 15 is 0 Å². The van der Waals surface area contributed by atoms with Crippen molar-refractivity contribution in [2.75, 3.05) is 25.6 Å². The summed E-state index contributed by atoms with van der Waals surface area (Å²) in [5.74, 6) is -1.21. The summed E-state index contributed by atoms with van der Waals surface area (Å²) in [5.41, 5.74) is 6.87. The molecule has 0 bridgehead atoms. The van der Waals surface area contributed by atoms with E-state index in [1.54, 1.807) is 20.2 Å². The molecule has 0 aliphatic carbocycles. The van der Waals surface area contributed by atoms with Crippen LogP contribution in [-0.4, -0.2) is 57.5 Å². The first kappa shape index (κ1) is 31.3. The Balaban J connectivity index is 1.82. The Morgan fingerprint density at radius 2 is 1.93 bits per heavy atom. The first-order chi connectivity index (χ1) is 19.5. The van der Waals surface area contributed by atoms with Crippen molar-refractivity contribution in [2.24, 2.45) is 0 Å². The molecule has 0 saturated carbocycles. The highest BCUT2D eigenvalue weighted by molar-refractivity contribution is 5.98. The number of amides is 2. The Bertz CT molecular complexity index is 1420. The van der Waals surface area contributed by atoms with Crippen LogP contribution in [0.25, 0.3) is 6.08 Å². The van der Waals surface area contributed by atoms with Crippen molar-refractivity contribution in [3.05, 3.63) is 75.9 Å². The van der Waals surface area contributed by atoms with Crippen molar-refractivity contribution in [2.45, 2.75) is 66.5 Å².